The van der Waals surface area contributed by atoms with Gasteiger partial charge in [0.15, 0.2) is 0 Å². The molecular formula is C22H22N4O3. The van der Waals surface area contributed by atoms with Crippen LogP contribution in [0.25, 0.3) is 0 Å². The highest BCUT2D eigenvalue weighted by Crippen LogP contribution is 2.37. The molecule has 7 heteroatoms. The third kappa shape index (κ3) is 3.47. The number of amides is 3. The molecule has 0 fully saturated rings. The molecule has 0 saturated carbocycles. The van der Waals surface area contributed by atoms with E-state index in [9.17, 15) is 9.59 Å². The predicted molar refractivity (Wildman–Crippen MR) is 108 cm³/mol. The third-order valence-electron chi connectivity index (χ3n) is 5.14. The van der Waals surface area contributed by atoms with Crippen LogP contribution in [0.15, 0.2) is 72.6 Å². The number of rotatable bonds is 6. The Kier molecular flexibility index (Phi) is 5.03. The number of aromatic nitrogens is 1. The minimum atomic E-state index is -0.509. The van der Waals surface area contributed by atoms with Crippen LogP contribution >= 0.6 is 0 Å². The highest BCUT2D eigenvalue weighted by Gasteiger charge is 2.43. The van der Waals surface area contributed by atoms with Crippen LogP contribution in [-0.2, 0) is 11.3 Å². The summed E-state index contributed by atoms with van der Waals surface area (Å²) in [5.41, 5.74) is 2.94. The number of hydrogen-bond acceptors (Lipinski definition) is 4. The van der Waals surface area contributed by atoms with Crippen molar-refractivity contribution >= 4 is 11.9 Å². The first-order valence-corrected chi connectivity index (χ1v) is 9.37. The normalized spacial score (nSPS) is 18.6. The number of urea groups is 1. The summed E-state index contributed by atoms with van der Waals surface area (Å²) in [4.78, 5) is 33.7. The van der Waals surface area contributed by atoms with E-state index in [1.807, 2.05) is 42.5 Å². The Bertz CT molecular complexity index is 969. The largest absolute Gasteiger partial charge is 0.497 e. The van der Waals surface area contributed by atoms with E-state index < -0.39 is 6.04 Å². The second-order valence-electron chi connectivity index (χ2n) is 6.90. The third-order valence-corrected chi connectivity index (χ3v) is 5.14. The Morgan fingerprint density at radius 3 is 2.69 bits per heavy atom. The van der Waals surface area contributed by atoms with Gasteiger partial charge in [0.05, 0.1) is 43.2 Å². The maximum atomic E-state index is 13.3. The molecule has 1 N–H and O–H groups in total. The van der Waals surface area contributed by atoms with Gasteiger partial charge in [0, 0.05) is 12.7 Å². The molecule has 0 radical (unpaired) electrons. The van der Waals surface area contributed by atoms with Gasteiger partial charge < -0.3 is 15.0 Å². The van der Waals surface area contributed by atoms with E-state index in [1.54, 1.807) is 29.2 Å². The fourth-order valence-corrected chi connectivity index (χ4v) is 3.73. The van der Waals surface area contributed by atoms with Crippen LogP contribution < -0.4 is 10.1 Å². The number of nitrogens with one attached hydrogen (secondary N) is 1. The van der Waals surface area contributed by atoms with Crippen molar-refractivity contribution in [2.45, 2.75) is 12.6 Å². The lowest BCUT2D eigenvalue weighted by Crippen LogP contribution is -2.47. The highest BCUT2D eigenvalue weighted by atomic mass is 16.5. The van der Waals surface area contributed by atoms with E-state index >= 15 is 0 Å². The van der Waals surface area contributed by atoms with Crippen LogP contribution in [0.5, 0.6) is 5.75 Å². The SMILES string of the molecule is C=CCN1C(=O)N[C@@H](c2ccc(OC)cc2)C2=C1CN(Cc1ccccn1)C2=O. The van der Waals surface area contributed by atoms with Crippen molar-refractivity contribution in [3.63, 3.8) is 0 Å². The maximum Gasteiger partial charge on any atom is 0.322 e. The molecule has 1 aromatic heterocycles. The predicted octanol–water partition coefficient (Wildman–Crippen LogP) is 2.64. The summed E-state index contributed by atoms with van der Waals surface area (Å²) in [5, 5.41) is 2.97. The minimum Gasteiger partial charge on any atom is -0.497 e. The van der Waals surface area contributed by atoms with Crippen LogP contribution in [0.2, 0.25) is 0 Å². The lowest BCUT2D eigenvalue weighted by atomic mass is 9.95. The molecule has 29 heavy (non-hydrogen) atoms. The van der Waals surface area contributed by atoms with Crippen molar-refractivity contribution in [3.05, 3.63) is 83.8 Å². The van der Waals surface area contributed by atoms with Crippen molar-refractivity contribution in [1.29, 1.82) is 0 Å². The van der Waals surface area contributed by atoms with Crippen molar-refractivity contribution in [2.75, 3.05) is 20.2 Å². The number of nitrogens with zero attached hydrogens (tertiary/aromatic N) is 3. The number of ether oxygens (including phenoxy) is 1. The number of benzene rings is 1. The van der Waals surface area contributed by atoms with Crippen molar-refractivity contribution < 1.29 is 14.3 Å². The molecule has 0 aliphatic carbocycles. The Morgan fingerprint density at radius 1 is 1.24 bits per heavy atom. The minimum absolute atomic E-state index is 0.0967. The van der Waals surface area contributed by atoms with Crippen molar-refractivity contribution in [1.82, 2.24) is 20.1 Å². The number of carbonyl (C=O) groups is 2. The molecule has 3 heterocycles. The average Bonchev–Trinajstić information content (AvgIpc) is 3.07. The van der Waals surface area contributed by atoms with Crippen LogP contribution in [0, 0.1) is 0 Å². The number of carbonyl (C=O) groups excluding carboxylic acids is 2. The Hall–Kier alpha value is -3.61. The summed E-state index contributed by atoms with van der Waals surface area (Å²) in [6.45, 7) is 4.82. The molecule has 7 nitrogen and oxygen atoms in total. The van der Waals surface area contributed by atoms with E-state index in [4.69, 9.17) is 4.74 Å². The quantitative estimate of drug-likeness (QED) is 0.770. The molecule has 148 valence electrons. The molecule has 0 unspecified atom stereocenters. The molecule has 0 bridgehead atoms. The van der Waals surface area contributed by atoms with Crippen molar-refractivity contribution in [2.24, 2.45) is 0 Å². The van der Waals surface area contributed by atoms with Gasteiger partial charge in [-0.2, -0.15) is 0 Å². The molecule has 2 aliphatic rings. The summed E-state index contributed by atoms with van der Waals surface area (Å²) >= 11 is 0. The fraction of sp³-hybridized carbons (Fsp3) is 0.227. The zero-order valence-electron chi connectivity index (χ0n) is 16.2. The van der Waals surface area contributed by atoms with Gasteiger partial charge in [0.2, 0.25) is 0 Å². The fourth-order valence-electron chi connectivity index (χ4n) is 3.73. The van der Waals surface area contributed by atoms with E-state index in [0.29, 0.717) is 31.0 Å². The van der Waals surface area contributed by atoms with Crippen LogP contribution in [0.1, 0.15) is 17.3 Å². The van der Waals surface area contributed by atoms with Crippen molar-refractivity contribution in [3.8, 4) is 5.75 Å². The molecule has 0 saturated heterocycles. The standard InChI is InChI=1S/C22H22N4O3/c1-3-12-26-18-14-25(13-16-6-4-5-11-23-16)21(27)19(18)20(24-22(26)28)15-7-9-17(29-2)10-8-15/h3-11,20H,1,12-14H2,2H3,(H,24,28)/t20-/m0/s1. The summed E-state index contributed by atoms with van der Waals surface area (Å²) in [5.74, 6) is 0.619. The molecule has 3 amide bonds. The first-order valence-electron chi connectivity index (χ1n) is 9.37. The van der Waals surface area contributed by atoms with Gasteiger partial charge in [-0.25, -0.2) is 4.79 Å². The van der Waals surface area contributed by atoms with Gasteiger partial charge in [-0.3, -0.25) is 14.7 Å². The first kappa shape index (κ1) is 18.7. The second kappa shape index (κ2) is 7.79. The lowest BCUT2D eigenvalue weighted by Gasteiger charge is -2.33. The smallest absolute Gasteiger partial charge is 0.322 e. The molecule has 0 spiro atoms. The molecule has 4 rings (SSSR count). The monoisotopic (exact) mass is 390 g/mol. The van der Waals surface area contributed by atoms with Gasteiger partial charge in [0.1, 0.15) is 5.75 Å². The van der Waals surface area contributed by atoms with Gasteiger partial charge in [-0.1, -0.05) is 24.3 Å². The van der Waals surface area contributed by atoms with Gasteiger partial charge in [-0.05, 0) is 29.8 Å². The van der Waals surface area contributed by atoms with E-state index in [0.717, 1.165) is 17.0 Å². The van der Waals surface area contributed by atoms with Crippen LogP contribution in [-0.4, -0.2) is 46.9 Å². The van der Waals surface area contributed by atoms with Crippen LogP contribution in [0.3, 0.4) is 0 Å². The summed E-state index contributed by atoms with van der Waals surface area (Å²) in [6.07, 6.45) is 3.36. The molecule has 1 aromatic carbocycles. The van der Waals surface area contributed by atoms with Gasteiger partial charge >= 0.3 is 6.03 Å². The topological polar surface area (TPSA) is 74.8 Å². The average molecular weight is 390 g/mol. The molecular weight excluding hydrogens is 368 g/mol. The lowest BCUT2D eigenvalue weighted by molar-refractivity contribution is -0.126. The van der Waals surface area contributed by atoms with Gasteiger partial charge in [0.25, 0.3) is 5.91 Å². The maximum absolute atomic E-state index is 13.3. The Morgan fingerprint density at radius 2 is 2.03 bits per heavy atom. The van der Waals surface area contributed by atoms with E-state index in [-0.39, 0.29) is 11.9 Å². The van der Waals surface area contributed by atoms with Crippen LogP contribution in [0.4, 0.5) is 4.79 Å². The summed E-state index contributed by atoms with van der Waals surface area (Å²) in [6, 6.07) is 12.3. The number of hydrogen-bond donors (Lipinski definition) is 1. The molecule has 1 atom stereocenters. The zero-order chi connectivity index (χ0) is 20.4. The Labute approximate surface area is 169 Å². The second-order valence-corrected chi connectivity index (χ2v) is 6.90. The van der Waals surface area contributed by atoms with E-state index in [2.05, 4.69) is 16.9 Å². The number of pyridine rings is 1. The number of methoxy groups -OCH3 is 1. The summed E-state index contributed by atoms with van der Waals surface area (Å²) in [7, 11) is 1.60. The summed E-state index contributed by atoms with van der Waals surface area (Å²) < 4.78 is 5.22. The molecule has 2 aliphatic heterocycles. The first-order chi connectivity index (χ1) is 14.1. The zero-order valence-corrected chi connectivity index (χ0v) is 16.2. The molecule has 2 aromatic rings. The Balaban J connectivity index is 1.69. The van der Waals surface area contributed by atoms with Gasteiger partial charge in [-0.15, -0.1) is 6.58 Å². The van der Waals surface area contributed by atoms with E-state index in [1.165, 1.54) is 0 Å². The highest BCUT2D eigenvalue weighted by molar-refractivity contribution is 6.01.